The molecule has 0 bridgehead atoms. The monoisotopic (exact) mass is 392 g/mol. The van der Waals surface area contributed by atoms with Gasteiger partial charge in [-0.25, -0.2) is 13.8 Å². The molecule has 0 spiro atoms. The third kappa shape index (κ3) is 4.31. The van der Waals surface area contributed by atoms with Crippen LogP contribution < -0.4 is 0 Å². The Morgan fingerprint density at radius 1 is 0.931 bits per heavy atom. The number of imidazole rings is 1. The van der Waals surface area contributed by atoms with E-state index < -0.39 is 11.6 Å². The number of unbranched alkanes of at least 4 members (excludes halogenated alkanes) is 3. The molecular formula is C25H26F2N2. The molecule has 150 valence electrons. The number of nitrogens with one attached hydrogen (secondary N) is 1. The van der Waals surface area contributed by atoms with Crippen LogP contribution in [-0.4, -0.2) is 9.97 Å². The summed E-state index contributed by atoms with van der Waals surface area (Å²) in [5.41, 5.74) is 2.33. The summed E-state index contributed by atoms with van der Waals surface area (Å²) in [4.78, 5) is 7.74. The lowest BCUT2D eigenvalue weighted by Crippen LogP contribution is -2.06. The van der Waals surface area contributed by atoms with Gasteiger partial charge in [0, 0.05) is 18.6 Å². The van der Waals surface area contributed by atoms with E-state index in [9.17, 15) is 8.78 Å². The van der Waals surface area contributed by atoms with Gasteiger partial charge in [0.25, 0.3) is 0 Å². The highest BCUT2D eigenvalue weighted by Crippen LogP contribution is 2.32. The number of nitrogens with zero attached hydrogens (tertiary/aromatic N) is 1. The van der Waals surface area contributed by atoms with E-state index >= 15 is 0 Å². The molecule has 0 fully saturated rings. The number of benzene rings is 3. The largest absolute Gasteiger partial charge is 0.342 e. The van der Waals surface area contributed by atoms with Gasteiger partial charge in [0.2, 0.25) is 0 Å². The highest BCUT2D eigenvalue weighted by molar-refractivity contribution is 5.86. The second-order valence-corrected chi connectivity index (χ2v) is 7.79. The molecule has 0 aliphatic carbocycles. The van der Waals surface area contributed by atoms with Crippen LogP contribution in [0.2, 0.25) is 0 Å². The number of aromatic amines is 1. The number of halogens is 2. The first-order valence-electron chi connectivity index (χ1n) is 10.5. The first-order chi connectivity index (χ1) is 14.2. The summed E-state index contributed by atoms with van der Waals surface area (Å²) in [5.74, 6) is -0.634. The van der Waals surface area contributed by atoms with E-state index in [0.717, 1.165) is 25.1 Å². The summed E-state index contributed by atoms with van der Waals surface area (Å²) in [7, 11) is 0. The maximum Gasteiger partial charge on any atom is 0.161 e. The molecule has 0 saturated heterocycles. The van der Waals surface area contributed by atoms with Crippen molar-refractivity contribution in [1.82, 2.24) is 9.97 Å². The molecule has 1 unspecified atom stereocenters. The van der Waals surface area contributed by atoms with Crippen molar-refractivity contribution in [1.29, 1.82) is 0 Å². The Morgan fingerprint density at radius 2 is 1.72 bits per heavy atom. The summed E-state index contributed by atoms with van der Waals surface area (Å²) in [6, 6.07) is 17.3. The van der Waals surface area contributed by atoms with Crippen molar-refractivity contribution >= 4 is 21.8 Å². The second kappa shape index (κ2) is 8.73. The third-order valence-corrected chi connectivity index (χ3v) is 5.68. The van der Waals surface area contributed by atoms with Crippen molar-refractivity contribution in [2.75, 3.05) is 0 Å². The van der Waals surface area contributed by atoms with Crippen LogP contribution in [0.5, 0.6) is 0 Å². The number of hydrogen-bond donors (Lipinski definition) is 1. The second-order valence-electron chi connectivity index (χ2n) is 7.79. The maximum atomic E-state index is 13.6. The Labute approximate surface area is 170 Å². The maximum absolute atomic E-state index is 13.6. The van der Waals surface area contributed by atoms with Crippen LogP contribution in [0, 0.1) is 11.6 Å². The Hall–Kier alpha value is -2.75. The topological polar surface area (TPSA) is 28.7 Å². The molecule has 0 amide bonds. The zero-order chi connectivity index (χ0) is 20.2. The minimum Gasteiger partial charge on any atom is -0.342 e. The lowest BCUT2D eigenvalue weighted by Gasteiger charge is -2.19. The van der Waals surface area contributed by atoms with Crippen LogP contribution in [0.15, 0.2) is 54.6 Å². The van der Waals surface area contributed by atoms with E-state index in [4.69, 9.17) is 0 Å². The molecule has 1 atom stereocenters. The van der Waals surface area contributed by atoms with Gasteiger partial charge in [0.05, 0.1) is 11.0 Å². The SMILES string of the molecule is CCCCCCC(Cc1nc2cc(F)c(F)cc2[nH]1)c1cccc2ccccc12. The number of hydrogen-bond acceptors (Lipinski definition) is 1. The van der Waals surface area contributed by atoms with E-state index in [1.54, 1.807) is 0 Å². The number of aromatic nitrogens is 2. The van der Waals surface area contributed by atoms with Gasteiger partial charge in [-0.15, -0.1) is 0 Å². The summed E-state index contributed by atoms with van der Waals surface area (Å²) in [6.07, 6.45) is 6.61. The lowest BCUT2D eigenvalue weighted by molar-refractivity contribution is 0.510. The zero-order valence-corrected chi connectivity index (χ0v) is 16.7. The van der Waals surface area contributed by atoms with Crippen LogP contribution in [0.3, 0.4) is 0 Å². The van der Waals surface area contributed by atoms with Gasteiger partial charge in [-0.3, -0.25) is 0 Å². The summed E-state index contributed by atoms with van der Waals surface area (Å²) in [6.45, 7) is 2.22. The van der Waals surface area contributed by atoms with E-state index in [1.165, 1.54) is 47.7 Å². The molecule has 0 aliphatic heterocycles. The summed E-state index contributed by atoms with van der Waals surface area (Å²) in [5, 5.41) is 2.50. The molecular weight excluding hydrogens is 366 g/mol. The molecule has 29 heavy (non-hydrogen) atoms. The highest BCUT2D eigenvalue weighted by atomic mass is 19.2. The molecule has 4 heteroatoms. The molecule has 0 saturated carbocycles. The highest BCUT2D eigenvalue weighted by Gasteiger charge is 2.18. The van der Waals surface area contributed by atoms with E-state index in [-0.39, 0.29) is 0 Å². The van der Waals surface area contributed by atoms with Gasteiger partial charge >= 0.3 is 0 Å². The Morgan fingerprint density at radius 3 is 2.59 bits per heavy atom. The molecule has 4 rings (SSSR count). The van der Waals surface area contributed by atoms with Gasteiger partial charge in [0.1, 0.15) is 5.82 Å². The van der Waals surface area contributed by atoms with Crippen LogP contribution in [0.25, 0.3) is 21.8 Å². The molecule has 1 N–H and O–H groups in total. The van der Waals surface area contributed by atoms with Crippen molar-refractivity contribution in [3.8, 4) is 0 Å². The smallest absolute Gasteiger partial charge is 0.161 e. The average molecular weight is 392 g/mol. The minimum atomic E-state index is -0.860. The summed E-state index contributed by atoms with van der Waals surface area (Å²) >= 11 is 0. The lowest BCUT2D eigenvalue weighted by atomic mass is 9.87. The molecule has 0 aliphatic rings. The summed E-state index contributed by atoms with van der Waals surface area (Å²) < 4.78 is 27.1. The molecule has 1 aromatic heterocycles. The van der Waals surface area contributed by atoms with Gasteiger partial charge in [-0.2, -0.15) is 0 Å². The van der Waals surface area contributed by atoms with Gasteiger partial charge in [-0.1, -0.05) is 75.1 Å². The predicted octanol–water partition coefficient (Wildman–Crippen LogP) is 7.29. The van der Waals surface area contributed by atoms with Gasteiger partial charge in [0.15, 0.2) is 11.6 Å². The Bertz CT molecular complexity index is 1070. The molecule has 1 heterocycles. The predicted molar refractivity (Wildman–Crippen MR) is 115 cm³/mol. The quantitative estimate of drug-likeness (QED) is 0.313. The fourth-order valence-electron chi connectivity index (χ4n) is 4.18. The van der Waals surface area contributed by atoms with Crippen molar-refractivity contribution in [3.63, 3.8) is 0 Å². The van der Waals surface area contributed by atoms with Gasteiger partial charge < -0.3 is 4.98 Å². The van der Waals surface area contributed by atoms with E-state index in [2.05, 4.69) is 59.4 Å². The fourth-order valence-corrected chi connectivity index (χ4v) is 4.18. The fraction of sp³-hybridized carbons (Fsp3) is 0.320. The van der Waals surface area contributed by atoms with E-state index in [1.807, 2.05) is 0 Å². The van der Waals surface area contributed by atoms with Crippen LogP contribution in [0.1, 0.15) is 56.3 Å². The first-order valence-corrected chi connectivity index (χ1v) is 10.5. The Balaban J connectivity index is 1.67. The molecule has 4 aromatic rings. The normalized spacial score (nSPS) is 12.7. The van der Waals surface area contributed by atoms with Crippen molar-refractivity contribution in [2.24, 2.45) is 0 Å². The molecule has 0 radical (unpaired) electrons. The number of H-pyrrole nitrogens is 1. The standard InChI is InChI=1S/C25H26F2N2/c1-2-3-4-5-10-18(20-13-8-11-17-9-6-7-12-19(17)20)14-25-28-23-15-21(26)22(27)16-24(23)29-25/h6-9,11-13,15-16,18H,2-5,10,14H2,1H3,(H,28,29). The van der Waals surface area contributed by atoms with Crippen LogP contribution >= 0.6 is 0 Å². The number of rotatable bonds is 8. The molecule has 3 aromatic carbocycles. The molecule has 2 nitrogen and oxygen atoms in total. The average Bonchev–Trinajstić information content (AvgIpc) is 3.11. The van der Waals surface area contributed by atoms with Crippen molar-refractivity contribution in [3.05, 3.63) is 77.6 Å². The Kier molecular flexibility index (Phi) is 5.89. The number of fused-ring (bicyclic) bond motifs is 2. The zero-order valence-electron chi connectivity index (χ0n) is 16.7. The van der Waals surface area contributed by atoms with Crippen molar-refractivity contribution in [2.45, 2.75) is 51.4 Å². The van der Waals surface area contributed by atoms with Gasteiger partial charge in [-0.05, 0) is 28.7 Å². The third-order valence-electron chi connectivity index (χ3n) is 5.68. The van der Waals surface area contributed by atoms with Crippen molar-refractivity contribution < 1.29 is 8.78 Å². The van der Waals surface area contributed by atoms with Crippen LogP contribution in [0.4, 0.5) is 8.78 Å². The van der Waals surface area contributed by atoms with E-state index in [0.29, 0.717) is 17.0 Å². The van der Waals surface area contributed by atoms with Crippen LogP contribution in [-0.2, 0) is 6.42 Å². The first kappa shape index (κ1) is 19.6. The minimum absolute atomic E-state index is 0.299.